The van der Waals surface area contributed by atoms with E-state index in [1.807, 2.05) is 6.92 Å². The lowest BCUT2D eigenvalue weighted by Gasteiger charge is -2.17. The molecule has 1 atom stereocenters. The van der Waals surface area contributed by atoms with Crippen LogP contribution in [-0.4, -0.2) is 19.6 Å². The highest BCUT2D eigenvalue weighted by molar-refractivity contribution is 6.37. The molecule has 0 spiro atoms. The Bertz CT molecular complexity index is 784. The predicted molar refractivity (Wildman–Crippen MR) is 80.7 cm³/mol. The summed E-state index contributed by atoms with van der Waals surface area (Å²) >= 11 is 12.2. The highest BCUT2D eigenvalue weighted by atomic mass is 35.5. The number of fused-ring (bicyclic) bond motifs is 1. The number of hydrogen-bond donors (Lipinski definition) is 1. The van der Waals surface area contributed by atoms with Gasteiger partial charge in [0, 0.05) is 6.20 Å². The SMILES string of the molecule is C[C@H](Oc1c(Cl)cccc1Cl)c1ccnc2nc(N)nn12. The Morgan fingerprint density at radius 2 is 1.95 bits per heavy atom. The Morgan fingerprint density at radius 1 is 1.24 bits per heavy atom. The highest BCUT2D eigenvalue weighted by Crippen LogP contribution is 2.35. The molecule has 1 aromatic carbocycles. The summed E-state index contributed by atoms with van der Waals surface area (Å²) in [6.45, 7) is 1.85. The summed E-state index contributed by atoms with van der Waals surface area (Å²) in [7, 11) is 0. The first-order valence-electron chi connectivity index (χ1n) is 6.14. The molecule has 0 radical (unpaired) electrons. The maximum absolute atomic E-state index is 6.11. The van der Waals surface area contributed by atoms with Crippen LogP contribution in [0.5, 0.6) is 5.75 Å². The smallest absolute Gasteiger partial charge is 0.254 e. The Balaban J connectivity index is 1.99. The van der Waals surface area contributed by atoms with Gasteiger partial charge in [0.2, 0.25) is 5.95 Å². The minimum atomic E-state index is -0.367. The van der Waals surface area contributed by atoms with Crippen LogP contribution < -0.4 is 10.5 Å². The number of halogens is 2. The van der Waals surface area contributed by atoms with Crippen LogP contribution in [0.1, 0.15) is 18.7 Å². The molecule has 3 aromatic rings. The molecule has 2 N–H and O–H groups in total. The van der Waals surface area contributed by atoms with E-state index in [9.17, 15) is 0 Å². The van der Waals surface area contributed by atoms with Crippen LogP contribution >= 0.6 is 23.2 Å². The molecule has 2 aromatic heterocycles. The van der Waals surface area contributed by atoms with Crippen molar-refractivity contribution < 1.29 is 4.74 Å². The third-order valence-electron chi connectivity index (χ3n) is 2.92. The average Bonchev–Trinajstić information content (AvgIpc) is 2.82. The van der Waals surface area contributed by atoms with Crippen molar-refractivity contribution in [2.75, 3.05) is 5.73 Å². The molecule has 0 fully saturated rings. The zero-order chi connectivity index (χ0) is 15.0. The van der Waals surface area contributed by atoms with Gasteiger partial charge in [-0.15, -0.1) is 5.10 Å². The minimum absolute atomic E-state index is 0.151. The lowest BCUT2D eigenvalue weighted by molar-refractivity contribution is 0.219. The second-order valence-electron chi connectivity index (χ2n) is 4.36. The molecule has 0 aliphatic rings. The summed E-state index contributed by atoms with van der Waals surface area (Å²) in [5, 5.41) is 4.98. The molecule has 21 heavy (non-hydrogen) atoms. The number of hydrogen-bond acceptors (Lipinski definition) is 5. The molecule has 8 heteroatoms. The quantitative estimate of drug-likeness (QED) is 0.801. The van der Waals surface area contributed by atoms with Gasteiger partial charge in [0.25, 0.3) is 5.78 Å². The summed E-state index contributed by atoms with van der Waals surface area (Å²) in [5.74, 6) is 0.981. The van der Waals surface area contributed by atoms with Gasteiger partial charge >= 0.3 is 0 Å². The number of para-hydroxylation sites is 1. The Hall–Kier alpha value is -2.05. The standard InChI is InChI=1S/C13H11Cl2N5O/c1-7(21-11-8(14)3-2-4-9(11)15)10-5-6-17-13-18-12(16)19-20(10)13/h2-7H,1H3,(H2,16,19)/t7-/m0/s1. The molecule has 0 bridgehead atoms. The molecule has 0 saturated heterocycles. The van der Waals surface area contributed by atoms with Gasteiger partial charge in [-0.2, -0.15) is 9.50 Å². The first-order valence-corrected chi connectivity index (χ1v) is 6.89. The van der Waals surface area contributed by atoms with Crippen LogP contribution in [0.2, 0.25) is 10.0 Å². The van der Waals surface area contributed by atoms with Gasteiger partial charge in [0.05, 0.1) is 15.7 Å². The van der Waals surface area contributed by atoms with Gasteiger partial charge in [0.1, 0.15) is 6.10 Å². The van der Waals surface area contributed by atoms with Crippen LogP contribution in [0, 0.1) is 0 Å². The molecule has 6 nitrogen and oxygen atoms in total. The molecule has 0 saturated carbocycles. The molecule has 3 rings (SSSR count). The van der Waals surface area contributed by atoms with Crippen molar-refractivity contribution in [3.05, 3.63) is 46.2 Å². The zero-order valence-electron chi connectivity index (χ0n) is 11.0. The van der Waals surface area contributed by atoms with Gasteiger partial charge in [0.15, 0.2) is 5.75 Å². The number of nitrogens with two attached hydrogens (primary N) is 1. The fourth-order valence-electron chi connectivity index (χ4n) is 1.97. The number of nitrogens with zero attached hydrogens (tertiary/aromatic N) is 4. The van der Waals surface area contributed by atoms with E-state index in [1.165, 1.54) is 4.52 Å². The summed E-state index contributed by atoms with van der Waals surface area (Å²) in [4.78, 5) is 8.10. The van der Waals surface area contributed by atoms with E-state index in [1.54, 1.807) is 30.5 Å². The number of benzene rings is 1. The Morgan fingerprint density at radius 3 is 2.67 bits per heavy atom. The van der Waals surface area contributed by atoms with E-state index in [0.29, 0.717) is 21.6 Å². The molecule has 0 amide bonds. The highest BCUT2D eigenvalue weighted by Gasteiger charge is 2.17. The summed E-state index contributed by atoms with van der Waals surface area (Å²) < 4.78 is 7.39. The van der Waals surface area contributed by atoms with Gasteiger partial charge in [-0.05, 0) is 25.1 Å². The van der Waals surface area contributed by atoms with Gasteiger partial charge in [-0.1, -0.05) is 29.3 Å². The third-order valence-corrected chi connectivity index (χ3v) is 3.51. The average molecular weight is 324 g/mol. The predicted octanol–water partition coefficient (Wildman–Crippen LogP) is 3.15. The summed E-state index contributed by atoms with van der Waals surface area (Å²) in [5.41, 5.74) is 6.33. The van der Waals surface area contributed by atoms with E-state index in [2.05, 4.69) is 15.1 Å². The van der Waals surface area contributed by atoms with Crippen molar-refractivity contribution in [1.82, 2.24) is 19.6 Å². The third kappa shape index (κ3) is 2.59. The van der Waals surface area contributed by atoms with Crippen molar-refractivity contribution in [2.45, 2.75) is 13.0 Å². The molecule has 0 aliphatic carbocycles. The molecule has 0 aliphatic heterocycles. The Kier molecular flexibility index (Phi) is 3.57. The largest absolute Gasteiger partial charge is 0.481 e. The number of aromatic nitrogens is 4. The van der Waals surface area contributed by atoms with Crippen molar-refractivity contribution >= 4 is 34.9 Å². The van der Waals surface area contributed by atoms with E-state index in [-0.39, 0.29) is 12.1 Å². The maximum atomic E-state index is 6.11. The number of ether oxygens (including phenoxy) is 1. The fourth-order valence-corrected chi connectivity index (χ4v) is 2.45. The molecule has 2 heterocycles. The first kappa shape index (κ1) is 13.9. The number of anilines is 1. The zero-order valence-corrected chi connectivity index (χ0v) is 12.5. The molecular weight excluding hydrogens is 313 g/mol. The van der Waals surface area contributed by atoms with Crippen molar-refractivity contribution in [2.24, 2.45) is 0 Å². The van der Waals surface area contributed by atoms with Crippen LogP contribution in [0.25, 0.3) is 5.78 Å². The van der Waals surface area contributed by atoms with Crippen molar-refractivity contribution in [3.63, 3.8) is 0 Å². The lowest BCUT2D eigenvalue weighted by Crippen LogP contribution is -2.10. The second-order valence-corrected chi connectivity index (χ2v) is 5.18. The molecular formula is C13H11Cl2N5O. The van der Waals surface area contributed by atoms with Crippen molar-refractivity contribution in [3.8, 4) is 5.75 Å². The van der Waals surface area contributed by atoms with E-state index in [0.717, 1.165) is 5.69 Å². The molecule has 108 valence electrons. The number of nitrogen functional groups attached to an aromatic ring is 1. The van der Waals surface area contributed by atoms with E-state index >= 15 is 0 Å². The normalized spacial score (nSPS) is 12.5. The minimum Gasteiger partial charge on any atom is -0.481 e. The van der Waals surface area contributed by atoms with Crippen LogP contribution in [-0.2, 0) is 0 Å². The monoisotopic (exact) mass is 323 g/mol. The van der Waals surface area contributed by atoms with Gasteiger partial charge in [-0.25, -0.2) is 4.98 Å². The summed E-state index contributed by atoms with van der Waals surface area (Å²) in [6, 6.07) is 6.96. The van der Waals surface area contributed by atoms with Crippen LogP contribution in [0.15, 0.2) is 30.5 Å². The first-order chi connectivity index (χ1) is 10.1. The van der Waals surface area contributed by atoms with Crippen LogP contribution in [0.4, 0.5) is 5.95 Å². The Labute approximate surface area is 130 Å². The second kappa shape index (κ2) is 5.38. The number of rotatable bonds is 3. The van der Waals surface area contributed by atoms with Gasteiger partial charge in [-0.3, -0.25) is 0 Å². The lowest BCUT2D eigenvalue weighted by atomic mass is 10.2. The molecule has 0 unspecified atom stereocenters. The van der Waals surface area contributed by atoms with Crippen LogP contribution in [0.3, 0.4) is 0 Å². The van der Waals surface area contributed by atoms with E-state index < -0.39 is 0 Å². The van der Waals surface area contributed by atoms with Gasteiger partial charge < -0.3 is 10.5 Å². The summed E-state index contributed by atoms with van der Waals surface area (Å²) in [6.07, 6.45) is 1.25. The fraction of sp³-hybridized carbons (Fsp3) is 0.154. The van der Waals surface area contributed by atoms with E-state index in [4.69, 9.17) is 33.7 Å². The maximum Gasteiger partial charge on any atom is 0.254 e. The van der Waals surface area contributed by atoms with Crippen molar-refractivity contribution in [1.29, 1.82) is 0 Å². The topological polar surface area (TPSA) is 78.3 Å².